The molecule has 1 aliphatic heterocycles. The molecular weight excluding hydrogens is 290 g/mol. The van der Waals surface area contributed by atoms with Crippen LogP contribution in [-0.4, -0.2) is 54.1 Å². The van der Waals surface area contributed by atoms with E-state index in [2.05, 4.69) is 43.0 Å². The molecule has 1 N–H and O–H groups in total. The van der Waals surface area contributed by atoms with Crippen LogP contribution < -0.4 is 0 Å². The number of aliphatic hydroxyl groups is 1. The molecule has 4 nitrogen and oxygen atoms in total. The van der Waals surface area contributed by atoms with Crippen LogP contribution in [0, 0.1) is 6.92 Å². The van der Waals surface area contributed by atoms with Crippen molar-refractivity contribution in [2.45, 2.75) is 58.5 Å². The summed E-state index contributed by atoms with van der Waals surface area (Å²) < 4.78 is 11.7. The van der Waals surface area contributed by atoms with Gasteiger partial charge in [-0.3, -0.25) is 4.90 Å². The molecule has 1 aromatic rings. The van der Waals surface area contributed by atoms with Crippen molar-refractivity contribution in [3.8, 4) is 0 Å². The molecule has 0 saturated carbocycles. The summed E-state index contributed by atoms with van der Waals surface area (Å²) >= 11 is 0. The van der Waals surface area contributed by atoms with Crippen LogP contribution >= 0.6 is 0 Å². The van der Waals surface area contributed by atoms with E-state index < -0.39 is 6.10 Å². The first-order chi connectivity index (χ1) is 10.8. The number of hydrogen-bond acceptors (Lipinski definition) is 4. The molecule has 3 unspecified atom stereocenters. The predicted octanol–water partition coefficient (Wildman–Crippen LogP) is 2.93. The lowest BCUT2D eigenvalue weighted by Crippen LogP contribution is -2.49. The fourth-order valence-electron chi connectivity index (χ4n) is 2.87. The second-order valence-corrected chi connectivity index (χ2v) is 7.56. The molecule has 1 aliphatic rings. The average Bonchev–Trinajstić information content (AvgIpc) is 2.47. The number of hydrogen-bond donors (Lipinski definition) is 1. The molecule has 0 bridgehead atoms. The van der Waals surface area contributed by atoms with Gasteiger partial charge in [-0.25, -0.2) is 0 Å². The minimum atomic E-state index is -0.479. The Morgan fingerprint density at radius 3 is 2.70 bits per heavy atom. The van der Waals surface area contributed by atoms with Gasteiger partial charge >= 0.3 is 0 Å². The first-order valence-corrected chi connectivity index (χ1v) is 8.49. The normalized spacial score (nSPS) is 24.6. The SMILES string of the molecule is Cc1ccccc1C1CN(CC(O)COC(C)(C)C)C(C)CO1. The highest BCUT2D eigenvalue weighted by Crippen LogP contribution is 2.27. The van der Waals surface area contributed by atoms with Gasteiger partial charge in [0.2, 0.25) is 0 Å². The maximum atomic E-state index is 10.3. The fraction of sp³-hybridized carbons (Fsp3) is 0.684. The molecule has 0 aliphatic carbocycles. The molecule has 1 fully saturated rings. The van der Waals surface area contributed by atoms with Crippen molar-refractivity contribution in [3.63, 3.8) is 0 Å². The van der Waals surface area contributed by atoms with E-state index in [1.807, 2.05) is 20.8 Å². The minimum absolute atomic E-state index is 0.0723. The lowest BCUT2D eigenvalue weighted by Gasteiger charge is -2.39. The molecule has 0 spiro atoms. The van der Waals surface area contributed by atoms with Crippen molar-refractivity contribution >= 4 is 0 Å². The van der Waals surface area contributed by atoms with Gasteiger partial charge < -0.3 is 14.6 Å². The first kappa shape index (κ1) is 18.4. The summed E-state index contributed by atoms with van der Waals surface area (Å²) in [5, 5.41) is 10.3. The fourth-order valence-corrected chi connectivity index (χ4v) is 2.87. The smallest absolute Gasteiger partial charge is 0.0955 e. The zero-order valence-corrected chi connectivity index (χ0v) is 15.1. The number of morpholine rings is 1. The van der Waals surface area contributed by atoms with E-state index in [1.54, 1.807) is 0 Å². The van der Waals surface area contributed by atoms with Crippen molar-refractivity contribution in [2.75, 3.05) is 26.3 Å². The Morgan fingerprint density at radius 2 is 2.04 bits per heavy atom. The summed E-state index contributed by atoms with van der Waals surface area (Å²) in [6.07, 6.45) is -0.407. The van der Waals surface area contributed by atoms with Gasteiger partial charge in [0.15, 0.2) is 0 Å². The van der Waals surface area contributed by atoms with Crippen LogP contribution in [0.15, 0.2) is 24.3 Å². The second kappa shape index (κ2) is 7.75. The zero-order valence-electron chi connectivity index (χ0n) is 15.1. The van der Waals surface area contributed by atoms with Gasteiger partial charge in [-0.15, -0.1) is 0 Å². The van der Waals surface area contributed by atoms with E-state index in [9.17, 15) is 5.11 Å². The Morgan fingerprint density at radius 1 is 1.35 bits per heavy atom. The number of nitrogens with zero attached hydrogens (tertiary/aromatic N) is 1. The monoisotopic (exact) mass is 321 g/mol. The van der Waals surface area contributed by atoms with Crippen molar-refractivity contribution in [3.05, 3.63) is 35.4 Å². The predicted molar refractivity (Wildman–Crippen MR) is 92.6 cm³/mol. The maximum Gasteiger partial charge on any atom is 0.0955 e. The van der Waals surface area contributed by atoms with Gasteiger partial charge in [0.1, 0.15) is 0 Å². The third kappa shape index (κ3) is 5.57. The molecular formula is C19H31NO3. The van der Waals surface area contributed by atoms with Crippen LogP contribution in [-0.2, 0) is 9.47 Å². The second-order valence-electron chi connectivity index (χ2n) is 7.56. The Hall–Kier alpha value is -0.940. The van der Waals surface area contributed by atoms with Crippen LogP contribution in [0.25, 0.3) is 0 Å². The van der Waals surface area contributed by atoms with Crippen LogP contribution in [0.2, 0.25) is 0 Å². The molecule has 2 rings (SSSR count). The highest BCUT2D eigenvalue weighted by atomic mass is 16.5. The minimum Gasteiger partial charge on any atom is -0.389 e. The molecule has 130 valence electrons. The van der Waals surface area contributed by atoms with E-state index in [-0.39, 0.29) is 11.7 Å². The summed E-state index contributed by atoms with van der Waals surface area (Å²) in [6, 6.07) is 8.66. The van der Waals surface area contributed by atoms with Crippen LogP contribution in [0.5, 0.6) is 0 Å². The van der Waals surface area contributed by atoms with Crippen molar-refractivity contribution in [1.82, 2.24) is 4.90 Å². The number of aliphatic hydroxyl groups excluding tert-OH is 1. The molecule has 0 aromatic heterocycles. The molecule has 0 amide bonds. The van der Waals surface area contributed by atoms with Crippen molar-refractivity contribution in [2.24, 2.45) is 0 Å². The highest BCUT2D eigenvalue weighted by Gasteiger charge is 2.29. The van der Waals surface area contributed by atoms with Gasteiger partial charge in [-0.05, 0) is 45.7 Å². The van der Waals surface area contributed by atoms with Crippen molar-refractivity contribution < 1.29 is 14.6 Å². The topological polar surface area (TPSA) is 41.9 Å². The van der Waals surface area contributed by atoms with Crippen molar-refractivity contribution in [1.29, 1.82) is 0 Å². The molecule has 23 heavy (non-hydrogen) atoms. The van der Waals surface area contributed by atoms with Gasteiger partial charge in [0, 0.05) is 19.1 Å². The quantitative estimate of drug-likeness (QED) is 0.905. The molecule has 1 saturated heterocycles. The standard InChI is InChI=1S/C19H31NO3/c1-14-8-6-7-9-17(14)18-11-20(15(2)12-22-18)10-16(21)13-23-19(3,4)5/h6-9,15-16,18,21H,10-13H2,1-5H3. The Kier molecular flexibility index (Phi) is 6.20. The third-order valence-electron chi connectivity index (χ3n) is 4.25. The Balaban J connectivity index is 1.94. The highest BCUT2D eigenvalue weighted by molar-refractivity contribution is 5.28. The van der Waals surface area contributed by atoms with E-state index in [0.717, 1.165) is 6.54 Å². The van der Waals surface area contributed by atoms with Gasteiger partial charge in [-0.2, -0.15) is 0 Å². The summed E-state index contributed by atoms with van der Waals surface area (Å²) in [6.45, 7) is 12.7. The Bertz CT molecular complexity index is 498. The maximum absolute atomic E-state index is 10.3. The van der Waals surface area contributed by atoms with E-state index >= 15 is 0 Å². The molecule has 1 aromatic carbocycles. The molecule has 4 heteroatoms. The van der Waals surface area contributed by atoms with Gasteiger partial charge in [0.05, 0.1) is 31.0 Å². The summed E-state index contributed by atoms with van der Waals surface area (Å²) in [4.78, 5) is 2.30. The van der Waals surface area contributed by atoms with Crippen LogP contribution in [0.1, 0.15) is 44.9 Å². The number of benzene rings is 1. The summed E-state index contributed by atoms with van der Waals surface area (Å²) in [5.41, 5.74) is 2.27. The van der Waals surface area contributed by atoms with E-state index in [0.29, 0.717) is 25.8 Å². The van der Waals surface area contributed by atoms with E-state index in [4.69, 9.17) is 9.47 Å². The summed E-state index contributed by atoms with van der Waals surface area (Å²) in [5.74, 6) is 0. The lowest BCUT2D eigenvalue weighted by atomic mass is 10.0. The summed E-state index contributed by atoms with van der Waals surface area (Å²) in [7, 11) is 0. The third-order valence-corrected chi connectivity index (χ3v) is 4.25. The molecule has 0 radical (unpaired) electrons. The molecule has 1 heterocycles. The number of rotatable bonds is 5. The van der Waals surface area contributed by atoms with Gasteiger partial charge in [0.25, 0.3) is 0 Å². The molecule has 3 atom stereocenters. The van der Waals surface area contributed by atoms with Crippen LogP contribution in [0.4, 0.5) is 0 Å². The number of aryl methyl sites for hydroxylation is 1. The van der Waals surface area contributed by atoms with Gasteiger partial charge in [-0.1, -0.05) is 24.3 Å². The lowest BCUT2D eigenvalue weighted by molar-refractivity contribution is -0.0922. The average molecular weight is 321 g/mol. The first-order valence-electron chi connectivity index (χ1n) is 8.49. The largest absolute Gasteiger partial charge is 0.389 e. The number of ether oxygens (including phenoxy) is 2. The van der Waals surface area contributed by atoms with Crippen LogP contribution in [0.3, 0.4) is 0 Å². The Labute approximate surface area is 140 Å². The number of β-amino-alcohol motifs (C(OH)–C–C–N with tert-alkyl or cyclic N) is 1. The van der Waals surface area contributed by atoms with E-state index in [1.165, 1.54) is 11.1 Å². The zero-order chi connectivity index (χ0) is 17.0.